The first-order valence-corrected chi connectivity index (χ1v) is 28.6. The molecule has 0 heterocycles. The highest BCUT2D eigenvalue weighted by atomic mass is 31.2. The molecule has 8 nitrogen and oxygen atoms in total. The van der Waals surface area contributed by atoms with Crippen molar-refractivity contribution < 1.29 is 32.8 Å². The number of hydrogen-bond acceptors (Lipinski definition) is 7. The van der Waals surface area contributed by atoms with E-state index in [-0.39, 0.29) is 38.8 Å². The number of carbonyl (C=O) groups is 1. The van der Waals surface area contributed by atoms with Gasteiger partial charge in [0.25, 0.3) is 0 Å². The molecule has 3 N–H and O–H groups in total. The first-order valence-electron chi connectivity index (χ1n) is 27.1. The lowest BCUT2D eigenvalue weighted by atomic mass is 10.0. The van der Waals surface area contributed by atoms with Crippen LogP contribution in [0.25, 0.3) is 0 Å². The highest BCUT2D eigenvalue weighted by molar-refractivity contribution is 7.47. The van der Waals surface area contributed by atoms with Gasteiger partial charge in [-0.1, -0.05) is 221 Å². The minimum atomic E-state index is -4.30. The summed E-state index contributed by atoms with van der Waals surface area (Å²) in [6.45, 7) is 4.78. The minimum Gasteiger partial charge on any atom is -0.457 e. The van der Waals surface area contributed by atoms with E-state index in [1.54, 1.807) is 0 Å². The van der Waals surface area contributed by atoms with E-state index in [0.717, 1.165) is 83.5 Å². The zero-order valence-electron chi connectivity index (χ0n) is 42.7. The number of phosphoric ester groups is 1. The fraction of sp³-hybridized carbons (Fsp3) is 0.737. The summed E-state index contributed by atoms with van der Waals surface area (Å²) >= 11 is 0. The van der Waals surface area contributed by atoms with Gasteiger partial charge in [0.05, 0.1) is 19.8 Å². The number of allylic oxidation sites excluding steroid dienone is 14. The molecule has 0 bridgehead atoms. The summed E-state index contributed by atoms with van der Waals surface area (Å²) in [6, 6.07) is 0. The predicted octanol–water partition coefficient (Wildman–Crippen LogP) is 17.2. The smallest absolute Gasteiger partial charge is 0.457 e. The fourth-order valence-corrected chi connectivity index (χ4v) is 8.11. The summed E-state index contributed by atoms with van der Waals surface area (Å²) in [6.07, 6.45) is 70.5. The van der Waals surface area contributed by atoms with Crippen LogP contribution in [0.2, 0.25) is 0 Å². The topological polar surface area (TPSA) is 117 Å². The molecular formula is C57H102NO7P. The van der Waals surface area contributed by atoms with Gasteiger partial charge in [-0.05, 0) is 89.9 Å². The van der Waals surface area contributed by atoms with Crippen molar-refractivity contribution in [3.8, 4) is 0 Å². The van der Waals surface area contributed by atoms with Gasteiger partial charge in [-0.25, -0.2) is 4.57 Å². The number of rotatable bonds is 51. The van der Waals surface area contributed by atoms with Crippen LogP contribution in [-0.4, -0.2) is 49.9 Å². The Morgan fingerprint density at radius 1 is 0.470 bits per heavy atom. The molecule has 382 valence electrons. The lowest BCUT2D eigenvalue weighted by Crippen LogP contribution is -2.28. The molecule has 0 rings (SSSR count). The summed E-state index contributed by atoms with van der Waals surface area (Å²) in [5, 5.41) is 0. The van der Waals surface area contributed by atoms with Crippen LogP contribution in [-0.2, 0) is 27.9 Å². The van der Waals surface area contributed by atoms with Crippen LogP contribution in [0.3, 0.4) is 0 Å². The fourth-order valence-electron chi connectivity index (χ4n) is 7.35. The van der Waals surface area contributed by atoms with Crippen molar-refractivity contribution in [1.29, 1.82) is 0 Å². The van der Waals surface area contributed by atoms with Gasteiger partial charge >= 0.3 is 13.8 Å². The molecule has 0 aliphatic carbocycles. The molecule has 0 aromatic carbocycles. The Balaban J connectivity index is 3.99. The number of hydrogen-bond donors (Lipinski definition) is 2. The summed E-state index contributed by atoms with van der Waals surface area (Å²) in [4.78, 5) is 22.6. The Labute approximate surface area is 407 Å². The van der Waals surface area contributed by atoms with E-state index in [2.05, 4.69) is 98.9 Å². The quantitative estimate of drug-likeness (QED) is 0.0268. The van der Waals surface area contributed by atoms with Crippen molar-refractivity contribution in [2.45, 2.75) is 238 Å². The molecule has 2 unspecified atom stereocenters. The Kier molecular flexibility index (Phi) is 51.7. The second-order valence-corrected chi connectivity index (χ2v) is 19.2. The van der Waals surface area contributed by atoms with Gasteiger partial charge in [0.15, 0.2) is 0 Å². The van der Waals surface area contributed by atoms with Crippen molar-refractivity contribution in [3.05, 3.63) is 85.1 Å². The molecule has 0 radical (unpaired) electrons. The van der Waals surface area contributed by atoms with Gasteiger partial charge in [-0.3, -0.25) is 13.8 Å². The van der Waals surface area contributed by atoms with E-state index in [9.17, 15) is 14.3 Å². The van der Waals surface area contributed by atoms with E-state index in [1.807, 2.05) is 0 Å². The Morgan fingerprint density at radius 2 is 0.848 bits per heavy atom. The first-order chi connectivity index (χ1) is 32.4. The summed E-state index contributed by atoms with van der Waals surface area (Å²) in [7, 11) is -4.30. The third kappa shape index (κ3) is 52.6. The lowest BCUT2D eigenvalue weighted by Gasteiger charge is -2.20. The molecule has 0 aromatic heterocycles. The van der Waals surface area contributed by atoms with Gasteiger partial charge in [-0.15, -0.1) is 0 Å². The Morgan fingerprint density at radius 3 is 1.29 bits per heavy atom. The monoisotopic (exact) mass is 944 g/mol. The molecule has 0 aromatic rings. The predicted molar refractivity (Wildman–Crippen MR) is 284 cm³/mol. The average molecular weight is 944 g/mol. The van der Waals surface area contributed by atoms with Crippen LogP contribution >= 0.6 is 7.82 Å². The minimum absolute atomic E-state index is 0.0920. The van der Waals surface area contributed by atoms with Gasteiger partial charge in [0, 0.05) is 19.6 Å². The molecular weight excluding hydrogens is 842 g/mol. The maximum Gasteiger partial charge on any atom is 0.472 e. The third-order valence-electron chi connectivity index (χ3n) is 11.3. The van der Waals surface area contributed by atoms with Crippen LogP contribution in [0, 0.1) is 0 Å². The van der Waals surface area contributed by atoms with Crippen LogP contribution in [0.1, 0.15) is 232 Å². The number of carbonyl (C=O) groups excluding carboxylic acids is 1. The largest absolute Gasteiger partial charge is 0.472 e. The second kappa shape index (κ2) is 53.6. The molecule has 0 saturated carbocycles. The van der Waals surface area contributed by atoms with Gasteiger partial charge < -0.3 is 20.1 Å². The highest BCUT2D eigenvalue weighted by Gasteiger charge is 2.25. The number of esters is 1. The molecule has 66 heavy (non-hydrogen) atoms. The van der Waals surface area contributed by atoms with Crippen molar-refractivity contribution in [2.75, 3.05) is 33.0 Å². The molecule has 0 fully saturated rings. The van der Waals surface area contributed by atoms with Crippen LogP contribution in [0.4, 0.5) is 0 Å². The highest BCUT2D eigenvalue weighted by Crippen LogP contribution is 2.43. The van der Waals surface area contributed by atoms with Crippen LogP contribution in [0.15, 0.2) is 85.1 Å². The standard InChI is InChI=1S/C57H102NO7P/c1-3-5-7-9-11-13-15-17-19-21-23-25-27-29-31-33-35-37-39-41-43-45-47-49-52-62-54-56(55-64-66(60,61)63-53-51-58)65-57(59)50-48-46-44-42-40-38-36-34-32-30-28-26-24-22-20-18-16-14-12-10-8-6-4-2/h6,8,12,14,18,20-21,23-24,26,30,32,36,38,56H,3-5,7,9-11,13,15-17,19,22,25,27-29,31,33-35,37,39-55,58H2,1-2H3,(H,60,61)/b8-6-,14-12-,20-18-,23-21-,26-24-,32-30-,38-36-. The average Bonchev–Trinajstić information content (AvgIpc) is 3.31. The number of phosphoric acid groups is 1. The second-order valence-electron chi connectivity index (χ2n) is 17.7. The van der Waals surface area contributed by atoms with Gasteiger partial charge in [-0.2, -0.15) is 0 Å². The van der Waals surface area contributed by atoms with Crippen LogP contribution < -0.4 is 5.73 Å². The van der Waals surface area contributed by atoms with Crippen molar-refractivity contribution >= 4 is 13.8 Å². The van der Waals surface area contributed by atoms with E-state index >= 15 is 0 Å². The van der Waals surface area contributed by atoms with Gasteiger partial charge in [0.1, 0.15) is 6.10 Å². The summed E-state index contributed by atoms with van der Waals surface area (Å²) < 4.78 is 33.6. The van der Waals surface area contributed by atoms with Crippen molar-refractivity contribution in [2.24, 2.45) is 5.73 Å². The normalized spacial score (nSPS) is 13.9. The summed E-state index contributed by atoms with van der Waals surface area (Å²) in [5.74, 6) is -0.355. The van der Waals surface area contributed by atoms with Crippen molar-refractivity contribution in [1.82, 2.24) is 0 Å². The maximum atomic E-state index is 12.7. The van der Waals surface area contributed by atoms with E-state index in [1.165, 1.54) is 128 Å². The van der Waals surface area contributed by atoms with Crippen LogP contribution in [0.5, 0.6) is 0 Å². The van der Waals surface area contributed by atoms with E-state index in [0.29, 0.717) is 6.61 Å². The first kappa shape index (κ1) is 63.7. The lowest BCUT2D eigenvalue weighted by molar-refractivity contribution is -0.154. The number of nitrogens with two attached hydrogens (primary N) is 1. The maximum absolute atomic E-state index is 12.7. The van der Waals surface area contributed by atoms with E-state index < -0.39 is 13.9 Å². The molecule has 2 atom stereocenters. The molecule has 0 aliphatic rings. The Hall–Kier alpha value is -2.32. The third-order valence-corrected chi connectivity index (χ3v) is 12.3. The molecule has 0 saturated heterocycles. The zero-order valence-corrected chi connectivity index (χ0v) is 43.6. The van der Waals surface area contributed by atoms with E-state index in [4.69, 9.17) is 24.3 Å². The zero-order chi connectivity index (χ0) is 48.0. The summed E-state index contributed by atoms with van der Waals surface area (Å²) in [5.41, 5.74) is 5.39. The SMILES string of the molecule is CC/C=C\C/C=C\C/C=C\C/C=C\C/C=C\C/C=C\CCCCCCC(=O)OC(COCCCCCCCCCCCCCC/C=C\CCCCCCCCCC)COP(=O)(O)OCCN. The number of ether oxygens (including phenoxy) is 2. The molecule has 0 amide bonds. The van der Waals surface area contributed by atoms with Crippen molar-refractivity contribution in [3.63, 3.8) is 0 Å². The number of unbranched alkanes of at least 4 members (excludes halogenated alkanes) is 24. The molecule has 0 aliphatic heterocycles. The molecule has 0 spiro atoms. The van der Waals surface area contributed by atoms with Gasteiger partial charge in [0.2, 0.25) is 0 Å². The molecule has 9 heteroatoms. The Bertz CT molecular complexity index is 1290.